The molecule has 0 bridgehead atoms. The molecule has 2 aliphatic rings. The number of hydrogen-bond donors (Lipinski definition) is 2. The molecule has 2 aromatic rings. The van der Waals surface area contributed by atoms with Gasteiger partial charge in [-0.15, -0.1) is 0 Å². The predicted molar refractivity (Wildman–Crippen MR) is 109 cm³/mol. The number of likely N-dealkylation sites (tertiary alicyclic amines) is 1. The molecule has 1 aromatic heterocycles. The van der Waals surface area contributed by atoms with Crippen LogP contribution in [0.15, 0.2) is 30.3 Å². The molecule has 2 N–H and O–H groups in total. The summed E-state index contributed by atoms with van der Waals surface area (Å²) in [6.45, 7) is 4.69. The van der Waals surface area contributed by atoms with Crippen LogP contribution in [0.25, 0.3) is 0 Å². The Morgan fingerprint density at radius 3 is 2.71 bits per heavy atom. The Morgan fingerprint density at radius 2 is 2.00 bits per heavy atom. The maximum atomic E-state index is 13.1. The van der Waals surface area contributed by atoms with Crippen molar-refractivity contribution in [2.24, 2.45) is 5.92 Å². The van der Waals surface area contributed by atoms with Gasteiger partial charge in [-0.1, -0.05) is 43.2 Å². The molecule has 1 aliphatic carbocycles. The van der Waals surface area contributed by atoms with E-state index in [0.29, 0.717) is 25.8 Å². The van der Waals surface area contributed by atoms with E-state index in [2.05, 4.69) is 22.0 Å². The van der Waals surface area contributed by atoms with E-state index in [-0.39, 0.29) is 17.9 Å². The predicted octanol–water partition coefficient (Wildman–Crippen LogP) is 3.64. The van der Waals surface area contributed by atoms with Gasteiger partial charge in [0.1, 0.15) is 0 Å². The third kappa shape index (κ3) is 3.37. The van der Waals surface area contributed by atoms with Crippen molar-refractivity contribution in [2.45, 2.75) is 70.4 Å². The molecule has 2 fully saturated rings. The highest BCUT2D eigenvalue weighted by Gasteiger charge is 2.50. The van der Waals surface area contributed by atoms with Gasteiger partial charge >= 0.3 is 0 Å². The molecule has 1 aliphatic heterocycles. The number of carbonyl (C=O) groups excluding carboxylic acids is 1. The first-order chi connectivity index (χ1) is 13.5. The Labute approximate surface area is 167 Å². The van der Waals surface area contributed by atoms with Gasteiger partial charge in [-0.05, 0) is 44.2 Å². The molecule has 3 atom stereocenters. The molecule has 150 valence electrons. The average molecular weight is 382 g/mol. The maximum Gasteiger partial charge on any atom is 0.223 e. The molecule has 0 unspecified atom stereocenters. The highest BCUT2D eigenvalue weighted by Crippen LogP contribution is 2.47. The minimum absolute atomic E-state index is 0.121. The topological polar surface area (TPSA) is 69.2 Å². The van der Waals surface area contributed by atoms with Crippen LogP contribution in [0.1, 0.15) is 61.0 Å². The highest BCUT2D eigenvalue weighted by molar-refractivity contribution is 5.77. The molecule has 0 radical (unpaired) electrons. The number of aryl methyl sites for hydroxylation is 2. The summed E-state index contributed by atoms with van der Waals surface area (Å²) in [5.74, 6) is 0.322. The SMILES string of the molecule is Cc1[nH]nc(CCC(=O)N2CC[C@@](O)(c3ccccc3)[C@H]3CCCC[C@H]32)c1C. The summed E-state index contributed by atoms with van der Waals surface area (Å²) in [6, 6.07) is 10.2. The number of nitrogens with zero attached hydrogens (tertiary/aromatic N) is 2. The lowest BCUT2D eigenvalue weighted by Gasteiger charge is -2.52. The highest BCUT2D eigenvalue weighted by atomic mass is 16.3. The second-order valence-electron chi connectivity index (χ2n) is 8.51. The zero-order valence-corrected chi connectivity index (χ0v) is 16.9. The lowest BCUT2D eigenvalue weighted by molar-refractivity contribution is -0.154. The van der Waals surface area contributed by atoms with Gasteiger partial charge in [-0.3, -0.25) is 9.89 Å². The van der Waals surface area contributed by atoms with Crippen molar-refractivity contribution in [1.29, 1.82) is 0 Å². The van der Waals surface area contributed by atoms with Gasteiger partial charge in [0, 0.05) is 37.0 Å². The molecule has 1 saturated heterocycles. The summed E-state index contributed by atoms with van der Waals surface area (Å²) in [4.78, 5) is 15.2. The van der Waals surface area contributed by atoms with E-state index in [1.807, 2.05) is 37.3 Å². The fourth-order valence-corrected chi connectivity index (χ4v) is 5.23. The molecule has 4 rings (SSSR count). The molecule has 28 heavy (non-hydrogen) atoms. The number of piperidine rings is 1. The Morgan fingerprint density at radius 1 is 1.25 bits per heavy atom. The Bertz CT molecular complexity index is 832. The molecule has 5 nitrogen and oxygen atoms in total. The number of aliphatic hydroxyl groups is 1. The molecule has 1 saturated carbocycles. The number of rotatable bonds is 4. The largest absolute Gasteiger partial charge is 0.385 e. The van der Waals surface area contributed by atoms with Crippen LogP contribution in [-0.4, -0.2) is 38.7 Å². The molecule has 1 aromatic carbocycles. The number of hydrogen-bond acceptors (Lipinski definition) is 3. The van der Waals surface area contributed by atoms with Gasteiger partial charge in [-0.25, -0.2) is 0 Å². The van der Waals surface area contributed by atoms with E-state index in [1.54, 1.807) is 0 Å². The normalized spacial score (nSPS) is 27.5. The number of fused-ring (bicyclic) bond motifs is 1. The van der Waals surface area contributed by atoms with Crippen LogP contribution in [0.2, 0.25) is 0 Å². The lowest BCUT2D eigenvalue weighted by Crippen LogP contribution is -2.59. The first kappa shape index (κ1) is 19.2. The Kier molecular flexibility index (Phi) is 5.28. The Hall–Kier alpha value is -2.14. The number of aromatic nitrogens is 2. The minimum atomic E-state index is -0.820. The molecule has 0 spiro atoms. The van der Waals surface area contributed by atoms with Gasteiger partial charge in [0.25, 0.3) is 0 Å². The van der Waals surface area contributed by atoms with Crippen LogP contribution in [0.4, 0.5) is 0 Å². The average Bonchev–Trinajstić information content (AvgIpc) is 3.05. The first-order valence-electron chi connectivity index (χ1n) is 10.6. The van der Waals surface area contributed by atoms with Crippen molar-refractivity contribution in [3.8, 4) is 0 Å². The van der Waals surface area contributed by atoms with Gasteiger partial charge in [-0.2, -0.15) is 5.10 Å². The van der Waals surface area contributed by atoms with E-state index in [9.17, 15) is 9.90 Å². The molecular formula is C23H31N3O2. The number of carbonyl (C=O) groups is 1. The standard InChI is InChI=1S/C23H31N3O2/c1-16-17(2)24-25-20(16)12-13-22(27)26-15-14-23(28,18-8-4-3-5-9-18)19-10-6-7-11-21(19)26/h3-5,8-9,19,21,28H,6-7,10-15H2,1-2H3,(H,24,25)/t19-,21+,23+/m0/s1. The van der Waals surface area contributed by atoms with Gasteiger partial charge < -0.3 is 10.0 Å². The summed E-state index contributed by atoms with van der Waals surface area (Å²) in [5, 5.41) is 19.0. The fraction of sp³-hybridized carbons (Fsp3) is 0.565. The monoisotopic (exact) mass is 381 g/mol. The van der Waals surface area contributed by atoms with Crippen LogP contribution >= 0.6 is 0 Å². The first-order valence-corrected chi connectivity index (χ1v) is 10.6. The quantitative estimate of drug-likeness (QED) is 0.850. The van der Waals surface area contributed by atoms with E-state index in [4.69, 9.17) is 0 Å². The molecular weight excluding hydrogens is 350 g/mol. The molecule has 2 heterocycles. The lowest BCUT2D eigenvalue weighted by atomic mass is 9.66. The number of amides is 1. The van der Waals surface area contributed by atoms with Crippen LogP contribution in [0.5, 0.6) is 0 Å². The van der Waals surface area contributed by atoms with Crippen LogP contribution in [0.3, 0.4) is 0 Å². The summed E-state index contributed by atoms with van der Waals surface area (Å²) in [5.41, 5.74) is 3.39. The smallest absolute Gasteiger partial charge is 0.223 e. The van der Waals surface area contributed by atoms with Gasteiger partial charge in [0.05, 0.1) is 11.3 Å². The maximum absolute atomic E-state index is 13.1. The van der Waals surface area contributed by atoms with E-state index >= 15 is 0 Å². The summed E-state index contributed by atoms with van der Waals surface area (Å²) < 4.78 is 0. The zero-order valence-electron chi connectivity index (χ0n) is 16.9. The van der Waals surface area contributed by atoms with Crippen molar-refractivity contribution in [3.05, 3.63) is 52.8 Å². The number of H-pyrrole nitrogens is 1. The fourth-order valence-electron chi connectivity index (χ4n) is 5.23. The van der Waals surface area contributed by atoms with Crippen LogP contribution < -0.4 is 0 Å². The van der Waals surface area contributed by atoms with Gasteiger partial charge in [0.2, 0.25) is 5.91 Å². The zero-order chi connectivity index (χ0) is 19.7. The van der Waals surface area contributed by atoms with Crippen LogP contribution in [0, 0.1) is 19.8 Å². The summed E-state index contributed by atoms with van der Waals surface area (Å²) in [7, 11) is 0. The van der Waals surface area contributed by atoms with Crippen molar-refractivity contribution < 1.29 is 9.90 Å². The van der Waals surface area contributed by atoms with Crippen molar-refractivity contribution >= 4 is 5.91 Å². The third-order valence-electron chi connectivity index (χ3n) is 7.00. The van der Waals surface area contributed by atoms with E-state index < -0.39 is 5.60 Å². The number of benzene rings is 1. The Balaban J connectivity index is 1.50. The van der Waals surface area contributed by atoms with Crippen molar-refractivity contribution in [3.63, 3.8) is 0 Å². The second kappa shape index (κ2) is 7.70. The molecule has 5 heteroatoms. The number of aromatic amines is 1. The van der Waals surface area contributed by atoms with E-state index in [0.717, 1.165) is 48.2 Å². The second-order valence-corrected chi connectivity index (χ2v) is 8.51. The van der Waals surface area contributed by atoms with Crippen molar-refractivity contribution in [2.75, 3.05) is 6.54 Å². The van der Waals surface area contributed by atoms with Gasteiger partial charge in [0.15, 0.2) is 0 Å². The molecule has 1 amide bonds. The summed E-state index contributed by atoms with van der Waals surface area (Å²) >= 11 is 0. The summed E-state index contributed by atoms with van der Waals surface area (Å²) in [6.07, 6.45) is 6.01. The minimum Gasteiger partial charge on any atom is -0.385 e. The van der Waals surface area contributed by atoms with E-state index in [1.165, 1.54) is 0 Å². The van der Waals surface area contributed by atoms with Crippen LogP contribution in [-0.2, 0) is 16.8 Å². The van der Waals surface area contributed by atoms with Crippen molar-refractivity contribution in [1.82, 2.24) is 15.1 Å². The third-order valence-corrected chi connectivity index (χ3v) is 7.00. The number of nitrogens with one attached hydrogen (secondary N) is 1.